The fraction of sp³-hybridized carbons (Fsp3) is 0.529. The lowest BCUT2D eigenvalue weighted by Crippen LogP contribution is -2.26. The third-order valence-corrected chi connectivity index (χ3v) is 3.57. The fourth-order valence-corrected chi connectivity index (χ4v) is 2.21. The Labute approximate surface area is 138 Å². The summed E-state index contributed by atoms with van der Waals surface area (Å²) in [5.74, 6) is -0.337. The number of primary amides is 2. The number of carbonyl (C=O) groups is 2. The van der Waals surface area contributed by atoms with E-state index >= 15 is 0 Å². The van der Waals surface area contributed by atoms with Crippen molar-refractivity contribution in [3.63, 3.8) is 0 Å². The van der Waals surface area contributed by atoms with Crippen LogP contribution in [0.3, 0.4) is 0 Å². The maximum absolute atomic E-state index is 10.6. The first kappa shape index (κ1) is 21.1. The smallest absolute Gasteiger partial charge is 0.248 e. The molecule has 0 saturated heterocycles. The number of benzene rings is 1. The van der Waals surface area contributed by atoms with Crippen molar-refractivity contribution in [1.29, 1.82) is 0 Å². The molecule has 6 heteroatoms. The van der Waals surface area contributed by atoms with Crippen molar-refractivity contribution in [1.82, 2.24) is 0 Å². The molecule has 1 unspecified atom stereocenters. The van der Waals surface area contributed by atoms with Gasteiger partial charge >= 0.3 is 0 Å². The first-order valence-corrected chi connectivity index (χ1v) is 7.72. The Bertz CT molecular complexity index is 465. The molecule has 1 atom stereocenters. The van der Waals surface area contributed by atoms with Crippen molar-refractivity contribution in [2.75, 3.05) is 13.1 Å². The minimum Gasteiger partial charge on any atom is -0.366 e. The van der Waals surface area contributed by atoms with Crippen molar-refractivity contribution in [3.8, 4) is 0 Å². The number of amides is 2. The van der Waals surface area contributed by atoms with E-state index in [1.54, 1.807) is 0 Å². The van der Waals surface area contributed by atoms with E-state index in [-0.39, 0.29) is 5.41 Å². The monoisotopic (exact) mass is 322 g/mol. The topological polar surface area (TPSA) is 138 Å². The third kappa shape index (κ3) is 8.95. The van der Waals surface area contributed by atoms with Crippen LogP contribution < -0.4 is 22.9 Å². The summed E-state index contributed by atoms with van der Waals surface area (Å²) in [4.78, 5) is 21.2. The average Bonchev–Trinajstić information content (AvgIpc) is 2.47. The summed E-state index contributed by atoms with van der Waals surface area (Å²) in [5, 5.41) is 0. The second-order valence-corrected chi connectivity index (χ2v) is 6.56. The Balaban J connectivity index is 0.000000423. The summed E-state index contributed by atoms with van der Waals surface area (Å²) in [6.07, 6.45) is 2.30. The van der Waals surface area contributed by atoms with Crippen LogP contribution in [0.25, 0.3) is 0 Å². The van der Waals surface area contributed by atoms with Crippen LogP contribution in [-0.2, 0) is 0 Å². The zero-order valence-corrected chi connectivity index (χ0v) is 14.3. The lowest BCUT2D eigenvalue weighted by Gasteiger charge is -2.25. The van der Waals surface area contributed by atoms with Crippen LogP contribution in [0, 0.1) is 11.3 Å². The first-order chi connectivity index (χ1) is 10.6. The molecule has 0 saturated carbocycles. The lowest BCUT2D eigenvalue weighted by atomic mass is 9.82. The maximum Gasteiger partial charge on any atom is 0.248 e. The number of hydrogen-bond acceptors (Lipinski definition) is 4. The summed E-state index contributed by atoms with van der Waals surface area (Å²) >= 11 is 0. The second-order valence-electron chi connectivity index (χ2n) is 6.56. The molecule has 6 nitrogen and oxygen atoms in total. The van der Waals surface area contributed by atoms with Gasteiger partial charge in [-0.2, -0.15) is 0 Å². The minimum atomic E-state index is -0.522. The van der Waals surface area contributed by atoms with E-state index in [1.165, 1.54) is 30.7 Å². The van der Waals surface area contributed by atoms with Gasteiger partial charge in [0.05, 0.1) is 0 Å². The zero-order valence-electron chi connectivity index (χ0n) is 14.3. The Morgan fingerprint density at radius 2 is 1.39 bits per heavy atom. The van der Waals surface area contributed by atoms with Crippen LogP contribution >= 0.6 is 0 Å². The molecule has 0 bridgehead atoms. The van der Waals surface area contributed by atoms with Gasteiger partial charge in [-0.3, -0.25) is 9.59 Å². The van der Waals surface area contributed by atoms with Gasteiger partial charge in [0.15, 0.2) is 0 Å². The molecule has 1 aromatic carbocycles. The van der Waals surface area contributed by atoms with E-state index in [0.29, 0.717) is 17.0 Å². The van der Waals surface area contributed by atoms with Crippen molar-refractivity contribution < 1.29 is 9.59 Å². The van der Waals surface area contributed by atoms with Gasteiger partial charge in [-0.15, -0.1) is 0 Å². The van der Waals surface area contributed by atoms with Crippen LogP contribution in [0.15, 0.2) is 24.3 Å². The molecular formula is C17H30N4O2. The van der Waals surface area contributed by atoms with E-state index in [4.69, 9.17) is 22.9 Å². The first-order valence-electron chi connectivity index (χ1n) is 7.72. The number of carbonyl (C=O) groups excluding carboxylic acids is 2. The van der Waals surface area contributed by atoms with Crippen LogP contribution in [0.2, 0.25) is 0 Å². The van der Waals surface area contributed by atoms with Crippen molar-refractivity contribution >= 4 is 11.8 Å². The Morgan fingerprint density at radius 1 is 1.00 bits per heavy atom. The SMILES string of the molecule is CC(CCN)CC(C)(C)CN.NC(=O)c1ccc(C(N)=O)cc1. The highest BCUT2D eigenvalue weighted by molar-refractivity contribution is 5.96. The summed E-state index contributed by atoms with van der Waals surface area (Å²) in [5.41, 5.74) is 22.1. The molecule has 23 heavy (non-hydrogen) atoms. The van der Waals surface area contributed by atoms with E-state index in [0.717, 1.165) is 19.5 Å². The highest BCUT2D eigenvalue weighted by atomic mass is 16.1. The summed E-state index contributed by atoms with van der Waals surface area (Å²) in [6, 6.07) is 5.84. The number of hydrogen-bond donors (Lipinski definition) is 4. The highest BCUT2D eigenvalue weighted by Crippen LogP contribution is 2.24. The van der Waals surface area contributed by atoms with E-state index in [9.17, 15) is 9.59 Å². The minimum absolute atomic E-state index is 0.286. The summed E-state index contributed by atoms with van der Waals surface area (Å²) in [7, 11) is 0. The molecule has 0 radical (unpaired) electrons. The molecule has 8 N–H and O–H groups in total. The van der Waals surface area contributed by atoms with E-state index < -0.39 is 11.8 Å². The Hall–Kier alpha value is -1.92. The van der Waals surface area contributed by atoms with Gasteiger partial charge in [0, 0.05) is 11.1 Å². The fourth-order valence-electron chi connectivity index (χ4n) is 2.21. The quantitative estimate of drug-likeness (QED) is 0.599. The molecule has 0 aromatic heterocycles. The molecule has 0 fully saturated rings. The van der Waals surface area contributed by atoms with Crippen molar-refractivity contribution in [3.05, 3.63) is 35.4 Å². The molecule has 0 heterocycles. The number of nitrogens with two attached hydrogens (primary N) is 4. The normalized spacial score (nSPS) is 12.0. The van der Waals surface area contributed by atoms with Gasteiger partial charge < -0.3 is 22.9 Å². The van der Waals surface area contributed by atoms with Gasteiger partial charge in [-0.25, -0.2) is 0 Å². The van der Waals surface area contributed by atoms with Gasteiger partial charge in [-0.05, 0) is 61.5 Å². The Morgan fingerprint density at radius 3 is 1.65 bits per heavy atom. The summed E-state index contributed by atoms with van der Waals surface area (Å²) < 4.78 is 0. The van der Waals surface area contributed by atoms with Gasteiger partial charge in [0.2, 0.25) is 11.8 Å². The molecule has 0 aliphatic carbocycles. The predicted octanol–water partition coefficient (Wildman–Crippen LogP) is 1.23. The van der Waals surface area contributed by atoms with Crippen molar-refractivity contribution in [2.24, 2.45) is 34.3 Å². The van der Waals surface area contributed by atoms with Gasteiger partial charge in [0.25, 0.3) is 0 Å². The lowest BCUT2D eigenvalue weighted by molar-refractivity contribution is 0.0988. The predicted molar refractivity (Wildman–Crippen MR) is 93.8 cm³/mol. The van der Waals surface area contributed by atoms with E-state index in [1.807, 2.05) is 0 Å². The largest absolute Gasteiger partial charge is 0.366 e. The maximum atomic E-state index is 10.6. The zero-order chi connectivity index (χ0) is 18.0. The van der Waals surface area contributed by atoms with Gasteiger partial charge in [0.1, 0.15) is 0 Å². The standard InChI is InChI=1S/C9H22N2.C8H8N2O2/c1-8(4-5-10)6-9(2,3)7-11;9-7(11)5-1-2-6(4-3-5)8(10)12/h8H,4-7,10-11H2,1-3H3;1-4H,(H2,9,11)(H2,10,12). The second kappa shape index (κ2) is 9.97. The number of rotatable bonds is 7. The molecule has 2 amide bonds. The van der Waals surface area contributed by atoms with Gasteiger partial charge in [-0.1, -0.05) is 20.8 Å². The molecule has 0 aliphatic rings. The van der Waals surface area contributed by atoms with Crippen LogP contribution in [0.5, 0.6) is 0 Å². The summed E-state index contributed by atoms with van der Waals surface area (Å²) in [6.45, 7) is 8.22. The highest BCUT2D eigenvalue weighted by Gasteiger charge is 2.18. The molecule has 1 rings (SSSR count). The van der Waals surface area contributed by atoms with E-state index in [2.05, 4.69) is 20.8 Å². The molecule has 130 valence electrons. The average molecular weight is 322 g/mol. The van der Waals surface area contributed by atoms with Crippen molar-refractivity contribution in [2.45, 2.75) is 33.6 Å². The third-order valence-electron chi connectivity index (χ3n) is 3.57. The molecular weight excluding hydrogens is 292 g/mol. The molecule has 0 aliphatic heterocycles. The Kier molecular flexibility index (Phi) is 9.14. The van der Waals surface area contributed by atoms with Crippen LogP contribution in [0.4, 0.5) is 0 Å². The molecule has 0 spiro atoms. The molecule has 1 aromatic rings. The van der Waals surface area contributed by atoms with Crippen LogP contribution in [-0.4, -0.2) is 24.9 Å². The van der Waals surface area contributed by atoms with Crippen LogP contribution in [0.1, 0.15) is 54.3 Å².